The molecular weight excluding hydrogens is 572 g/mol. The number of carbonyl (C=O) groups is 1. The van der Waals surface area contributed by atoms with Gasteiger partial charge >= 0.3 is 0 Å². The molecular formula is C33H45ClN2O5S. The topological polar surface area (TPSA) is 84.9 Å². The molecule has 1 fully saturated rings. The number of sulfonamides is 1. The molecule has 2 aromatic rings. The predicted octanol–water partition coefficient (Wildman–Crippen LogP) is 6.62. The van der Waals surface area contributed by atoms with Crippen LogP contribution in [-0.4, -0.2) is 46.4 Å². The van der Waals surface area contributed by atoms with Crippen molar-refractivity contribution in [1.29, 1.82) is 0 Å². The summed E-state index contributed by atoms with van der Waals surface area (Å²) in [5, 5.41) is 0.0472. The Morgan fingerprint density at radius 3 is 2.62 bits per heavy atom. The summed E-state index contributed by atoms with van der Waals surface area (Å²) in [6.45, 7) is 6.48. The molecule has 2 bridgehead atoms. The van der Waals surface area contributed by atoms with Gasteiger partial charge in [-0.3, -0.25) is 4.79 Å². The van der Waals surface area contributed by atoms with Gasteiger partial charge in [-0.25, -0.2) is 13.1 Å². The summed E-state index contributed by atoms with van der Waals surface area (Å²) in [4.78, 5) is 15.7. The zero-order valence-corrected chi connectivity index (χ0v) is 26.7. The van der Waals surface area contributed by atoms with E-state index in [9.17, 15) is 13.2 Å². The quantitative estimate of drug-likeness (QED) is 0.408. The largest absolute Gasteiger partial charge is 0.487 e. The van der Waals surface area contributed by atoms with E-state index in [-0.39, 0.29) is 5.92 Å². The number of hydrogen-bond acceptors (Lipinski definition) is 6. The number of nitrogens with zero attached hydrogens (tertiary/aromatic N) is 1. The summed E-state index contributed by atoms with van der Waals surface area (Å²) in [5.41, 5.74) is 3.47. The van der Waals surface area contributed by atoms with E-state index in [1.54, 1.807) is 20.1 Å². The van der Waals surface area contributed by atoms with Gasteiger partial charge < -0.3 is 14.4 Å². The summed E-state index contributed by atoms with van der Waals surface area (Å²) < 4.78 is 41.0. The Kier molecular flexibility index (Phi) is 10.1. The lowest BCUT2D eigenvalue weighted by atomic mass is 9.65. The molecule has 1 amide bonds. The number of ether oxygens (including phenoxy) is 2. The van der Waals surface area contributed by atoms with E-state index >= 15 is 0 Å². The zero-order chi connectivity index (χ0) is 29.9. The van der Waals surface area contributed by atoms with Gasteiger partial charge in [0.15, 0.2) is 0 Å². The Hall–Kier alpha value is -2.29. The Morgan fingerprint density at radius 1 is 1.02 bits per heavy atom. The number of amides is 1. The molecule has 0 saturated heterocycles. The minimum Gasteiger partial charge on any atom is -0.487 e. The molecule has 5 atom stereocenters. The highest BCUT2D eigenvalue weighted by atomic mass is 35.5. The van der Waals surface area contributed by atoms with E-state index in [0.29, 0.717) is 35.7 Å². The third-order valence-corrected chi connectivity index (χ3v) is 12.1. The van der Waals surface area contributed by atoms with E-state index in [1.807, 2.05) is 37.3 Å². The first kappa shape index (κ1) is 31.1. The maximum absolute atomic E-state index is 13.4. The molecule has 7 nitrogen and oxygen atoms in total. The standard InChI is InChI=1S/C33H45ClN2O5S/c1-22-7-6-9-28(20-40-3)30-14-11-26(30)19-36-16-5-4-8-24-17-29(34)13-10-27(24)21-41-32-15-12-25(18-31(32)36)33(37)35-42(38,39)23(22)2/h10,12-13,15,17-18,22-23,26,28,30H,4-9,11,14,16,19-21H2,1-3H3,(H,35,37)/t22?,23?,26?,28-,30?/m1/s1. The first-order valence-corrected chi connectivity index (χ1v) is 17.4. The van der Waals surface area contributed by atoms with Gasteiger partial charge in [0.2, 0.25) is 10.0 Å². The summed E-state index contributed by atoms with van der Waals surface area (Å²) in [6.07, 6.45) is 8.03. The van der Waals surface area contributed by atoms with Crippen LogP contribution in [0.25, 0.3) is 0 Å². The van der Waals surface area contributed by atoms with E-state index < -0.39 is 21.2 Å². The van der Waals surface area contributed by atoms with Crippen LogP contribution in [0.5, 0.6) is 5.75 Å². The third-order valence-electron chi connectivity index (χ3n) is 9.92. The van der Waals surface area contributed by atoms with E-state index in [1.165, 1.54) is 18.4 Å². The number of aryl methyl sites for hydroxylation is 1. The van der Waals surface area contributed by atoms with Crippen LogP contribution >= 0.6 is 11.6 Å². The lowest BCUT2D eigenvalue weighted by molar-refractivity contribution is 0.0387. The van der Waals surface area contributed by atoms with Crippen LogP contribution in [0.4, 0.5) is 5.69 Å². The van der Waals surface area contributed by atoms with Gasteiger partial charge in [0, 0.05) is 37.4 Å². The van der Waals surface area contributed by atoms with Crippen LogP contribution < -0.4 is 14.4 Å². The maximum atomic E-state index is 13.4. The highest BCUT2D eigenvalue weighted by molar-refractivity contribution is 7.90. The molecule has 1 aliphatic carbocycles. The molecule has 4 unspecified atom stereocenters. The number of fused-ring (bicyclic) bond motifs is 3. The lowest BCUT2D eigenvalue weighted by Crippen LogP contribution is -2.43. The minimum atomic E-state index is -3.85. The van der Waals surface area contributed by atoms with Gasteiger partial charge in [-0.15, -0.1) is 0 Å². The van der Waals surface area contributed by atoms with Crippen molar-refractivity contribution < 1.29 is 22.7 Å². The second-order valence-electron chi connectivity index (χ2n) is 12.6. The fraction of sp³-hybridized carbons (Fsp3) is 0.606. The number of halogens is 1. The molecule has 9 heteroatoms. The van der Waals surface area contributed by atoms with Crippen molar-refractivity contribution in [2.45, 2.75) is 77.1 Å². The van der Waals surface area contributed by atoms with Crippen LogP contribution in [0.2, 0.25) is 5.02 Å². The monoisotopic (exact) mass is 616 g/mol. The molecule has 1 saturated carbocycles. The normalized spacial score (nSPS) is 28.6. The van der Waals surface area contributed by atoms with E-state index in [4.69, 9.17) is 21.1 Å². The number of benzene rings is 2. The first-order chi connectivity index (χ1) is 20.2. The molecule has 0 radical (unpaired) electrons. The third kappa shape index (κ3) is 7.08. The molecule has 1 N–H and O–H groups in total. The number of methoxy groups -OCH3 is 1. The average molecular weight is 617 g/mol. The Balaban J connectivity index is 1.53. The van der Waals surface area contributed by atoms with Crippen molar-refractivity contribution in [3.63, 3.8) is 0 Å². The Morgan fingerprint density at radius 2 is 1.86 bits per heavy atom. The predicted molar refractivity (Wildman–Crippen MR) is 168 cm³/mol. The molecule has 5 rings (SSSR count). The summed E-state index contributed by atoms with van der Waals surface area (Å²) in [7, 11) is -2.07. The number of hydrogen-bond donors (Lipinski definition) is 1. The van der Waals surface area contributed by atoms with Crippen LogP contribution in [0, 0.1) is 23.7 Å². The number of nitrogens with one attached hydrogen (secondary N) is 1. The Labute approximate surface area is 256 Å². The van der Waals surface area contributed by atoms with Crippen molar-refractivity contribution >= 4 is 33.2 Å². The van der Waals surface area contributed by atoms with Crippen molar-refractivity contribution in [1.82, 2.24) is 4.72 Å². The highest BCUT2D eigenvalue weighted by Gasteiger charge is 2.38. The van der Waals surface area contributed by atoms with Crippen LogP contribution in [-0.2, 0) is 27.8 Å². The highest BCUT2D eigenvalue weighted by Crippen LogP contribution is 2.44. The van der Waals surface area contributed by atoms with Crippen molar-refractivity contribution in [2.24, 2.45) is 23.7 Å². The molecule has 2 aliphatic heterocycles. The number of carbonyl (C=O) groups excluding carboxylic acids is 1. The van der Waals surface area contributed by atoms with Gasteiger partial charge in [0.1, 0.15) is 12.4 Å². The van der Waals surface area contributed by atoms with Crippen LogP contribution in [0.3, 0.4) is 0 Å². The van der Waals surface area contributed by atoms with E-state index in [0.717, 1.165) is 74.5 Å². The fourth-order valence-electron chi connectivity index (χ4n) is 6.96. The van der Waals surface area contributed by atoms with Crippen LogP contribution in [0.1, 0.15) is 80.3 Å². The average Bonchev–Trinajstić information content (AvgIpc) is 2.97. The van der Waals surface area contributed by atoms with Gasteiger partial charge in [0.05, 0.1) is 10.9 Å². The molecule has 3 aliphatic rings. The summed E-state index contributed by atoms with van der Waals surface area (Å²) in [6, 6.07) is 11.3. The van der Waals surface area contributed by atoms with Gasteiger partial charge in [0.25, 0.3) is 5.91 Å². The molecule has 42 heavy (non-hydrogen) atoms. The van der Waals surface area contributed by atoms with E-state index in [2.05, 4.69) is 9.62 Å². The zero-order valence-electron chi connectivity index (χ0n) is 25.1. The van der Waals surface area contributed by atoms with Crippen molar-refractivity contribution in [2.75, 3.05) is 31.7 Å². The number of anilines is 1. The second-order valence-corrected chi connectivity index (χ2v) is 15.1. The van der Waals surface area contributed by atoms with Crippen molar-refractivity contribution in [3.8, 4) is 5.75 Å². The second kappa shape index (κ2) is 13.6. The molecule has 2 aromatic carbocycles. The maximum Gasteiger partial charge on any atom is 0.264 e. The molecule has 0 aromatic heterocycles. The van der Waals surface area contributed by atoms with Crippen LogP contribution in [0.15, 0.2) is 36.4 Å². The van der Waals surface area contributed by atoms with Crippen molar-refractivity contribution in [3.05, 3.63) is 58.1 Å². The smallest absolute Gasteiger partial charge is 0.264 e. The molecule has 2 heterocycles. The SMILES string of the molecule is COC[C@H]1CCCC(C)C(C)S(=O)(=O)NC(=O)c2ccc3c(c2)N(CCCCc2cc(Cl)ccc2CO3)CC2CCC21. The minimum absolute atomic E-state index is 0.0716. The van der Waals surface area contributed by atoms with Gasteiger partial charge in [-0.1, -0.05) is 31.0 Å². The Bertz CT molecular complexity index is 1370. The summed E-state index contributed by atoms with van der Waals surface area (Å²) >= 11 is 6.33. The molecule has 0 spiro atoms. The fourth-order valence-corrected chi connectivity index (χ4v) is 8.47. The first-order valence-electron chi connectivity index (χ1n) is 15.5. The summed E-state index contributed by atoms with van der Waals surface area (Å²) in [5.74, 6) is 1.57. The molecule has 230 valence electrons. The van der Waals surface area contributed by atoms with Gasteiger partial charge in [-0.05, 0) is 117 Å². The van der Waals surface area contributed by atoms with Gasteiger partial charge in [-0.2, -0.15) is 0 Å². The lowest BCUT2D eigenvalue weighted by Gasteiger charge is -2.45. The number of rotatable bonds is 2.